The van der Waals surface area contributed by atoms with E-state index < -0.39 is 18.8 Å². The fourth-order valence-corrected chi connectivity index (χ4v) is 4.40. The molecule has 2 aliphatic rings. The number of fused-ring (bicyclic) bond motifs is 2. The molecule has 13 heteroatoms. The maximum absolute atomic E-state index is 12.5. The van der Waals surface area contributed by atoms with E-state index in [1.807, 2.05) is 10.2 Å². The van der Waals surface area contributed by atoms with Gasteiger partial charge in [-0.3, -0.25) is 4.79 Å². The topological polar surface area (TPSA) is 115 Å². The summed E-state index contributed by atoms with van der Waals surface area (Å²) in [5, 5.41) is 7.60. The largest absolute Gasteiger partial charge is 0.405 e. The van der Waals surface area contributed by atoms with Gasteiger partial charge in [0.05, 0.1) is 24.0 Å². The van der Waals surface area contributed by atoms with Crippen LogP contribution in [0, 0.1) is 6.92 Å². The van der Waals surface area contributed by atoms with Crippen LogP contribution in [0.5, 0.6) is 0 Å². The number of nitrogens with zero attached hydrogens (tertiary/aromatic N) is 5. The number of aromatic nitrogens is 3. The van der Waals surface area contributed by atoms with Gasteiger partial charge >= 0.3 is 12.2 Å². The molecule has 0 aromatic carbocycles. The van der Waals surface area contributed by atoms with Crippen LogP contribution >= 0.6 is 0 Å². The van der Waals surface area contributed by atoms with Gasteiger partial charge in [-0.2, -0.15) is 18.2 Å². The number of urea groups is 1. The molecular formula is C21H25F3N8O2. The molecule has 0 unspecified atom stereocenters. The highest BCUT2D eigenvalue weighted by Gasteiger charge is 2.43. The Balaban J connectivity index is 1.43. The standard InChI is InChI=1S/C21H25F3N8O2/c1-12-7-13(8-27-17(12)18(33)25-2)29-19-26-6-5-16(30-19)31-9-14-3-4-15(10-31)32(14)20(34)28-11-21(22,23)24/h5-8,14-15H,3-4,9-11H2,1-2H3,(H,25,33)(H,28,34)(H,26,29,30)/t14-,15+. The van der Waals surface area contributed by atoms with Crippen LogP contribution in [0.3, 0.4) is 0 Å². The third-order valence-corrected chi connectivity index (χ3v) is 5.90. The number of carbonyl (C=O) groups excluding carboxylic acids is 2. The van der Waals surface area contributed by atoms with E-state index in [0.29, 0.717) is 41.8 Å². The molecule has 0 saturated carbocycles. The number of aryl methyl sites for hydroxylation is 1. The predicted octanol–water partition coefficient (Wildman–Crippen LogP) is 2.21. The Morgan fingerprint density at radius 1 is 1.18 bits per heavy atom. The molecule has 2 saturated heterocycles. The summed E-state index contributed by atoms with van der Waals surface area (Å²) < 4.78 is 37.4. The molecule has 0 radical (unpaired) electrons. The minimum Gasteiger partial charge on any atom is -0.354 e. The predicted molar refractivity (Wildman–Crippen MR) is 118 cm³/mol. The van der Waals surface area contributed by atoms with E-state index in [9.17, 15) is 22.8 Å². The molecule has 10 nitrogen and oxygen atoms in total. The summed E-state index contributed by atoms with van der Waals surface area (Å²) in [4.78, 5) is 40.7. The van der Waals surface area contributed by atoms with Crippen molar-refractivity contribution in [1.29, 1.82) is 0 Å². The second-order valence-electron chi connectivity index (χ2n) is 8.30. The van der Waals surface area contributed by atoms with Crippen molar-refractivity contribution in [3.05, 3.63) is 35.8 Å². The molecule has 3 amide bonds. The zero-order valence-electron chi connectivity index (χ0n) is 18.7. The zero-order valence-corrected chi connectivity index (χ0v) is 18.7. The summed E-state index contributed by atoms with van der Waals surface area (Å²) in [6.07, 6.45) is 0.122. The van der Waals surface area contributed by atoms with Gasteiger partial charge in [0.1, 0.15) is 18.1 Å². The zero-order chi connectivity index (χ0) is 24.5. The van der Waals surface area contributed by atoms with Gasteiger partial charge < -0.3 is 25.8 Å². The lowest BCUT2D eigenvalue weighted by atomic mass is 10.2. The summed E-state index contributed by atoms with van der Waals surface area (Å²) in [6, 6.07) is 2.46. The Morgan fingerprint density at radius 2 is 1.88 bits per heavy atom. The van der Waals surface area contributed by atoms with Gasteiger partial charge in [0.15, 0.2) is 0 Å². The first-order valence-electron chi connectivity index (χ1n) is 10.8. The van der Waals surface area contributed by atoms with Crippen LogP contribution in [0.25, 0.3) is 0 Å². The quantitative estimate of drug-likeness (QED) is 0.604. The van der Waals surface area contributed by atoms with Crippen LogP contribution in [0.1, 0.15) is 28.9 Å². The van der Waals surface area contributed by atoms with Crippen molar-refractivity contribution in [3.63, 3.8) is 0 Å². The van der Waals surface area contributed by atoms with Crippen LogP contribution in [0.15, 0.2) is 24.5 Å². The van der Waals surface area contributed by atoms with Crippen molar-refractivity contribution >= 4 is 29.4 Å². The maximum Gasteiger partial charge on any atom is 0.405 e. The first-order chi connectivity index (χ1) is 16.1. The van der Waals surface area contributed by atoms with Crippen LogP contribution in [0.2, 0.25) is 0 Å². The smallest absolute Gasteiger partial charge is 0.354 e. The Bertz CT molecular complexity index is 1070. The molecule has 4 heterocycles. The highest BCUT2D eigenvalue weighted by molar-refractivity contribution is 5.93. The fraction of sp³-hybridized carbons (Fsp3) is 0.476. The number of halogens is 3. The summed E-state index contributed by atoms with van der Waals surface area (Å²) in [6.45, 7) is 1.37. The molecule has 34 heavy (non-hydrogen) atoms. The third kappa shape index (κ3) is 5.13. The molecule has 2 fully saturated rings. The van der Waals surface area contributed by atoms with Gasteiger partial charge in [0.25, 0.3) is 5.91 Å². The monoisotopic (exact) mass is 478 g/mol. The lowest BCUT2D eigenvalue weighted by Crippen LogP contribution is -2.59. The molecule has 2 aromatic rings. The normalized spacial score (nSPS) is 19.7. The van der Waals surface area contributed by atoms with E-state index in [-0.39, 0.29) is 18.0 Å². The van der Waals surface area contributed by atoms with Crippen molar-refractivity contribution in [2.45, 2.75) is 38.0 Å². The van der Waals surface area contributed by atoms with Crippen molar-refractivity contribution in [2.24, 2.45) is 0 Å². The molecule has 2 atom stereocenters. The fourth-order valence-electron chi connectivity index (χ4n) is 4.40. The number of amides is 3. The van der Waals surface area contributed by atoms with E-state index in [1.165, 1.54) is 18.1 Å². The summed E-state index contributed by atoms with van der Waals surface area (Å²) >= 11 is 0. The number of pyridine rings is 1. The van der Waals surface area contributed by atoms with Crippen molar-refractivity contribution in [2.75, 3.05) is 36.9 Å². The van der Waals surface area contributed by atoms with Gasteiger partial charge in [-0.25, -0.2) is 14.8 Å². The number of alkyl halides is 3. The lowest BCUT2D eigenvalue weighted by molar-refractivity contribution is -0.123. The molecule has 2 aliphatic heterocycles. The first kappa shape index (κ1) is 23.5. The van der Waals surface area contributed by atoms with Crippen LogP contribution < -0.4 is 20.9 Å². The highest BCUT2D eigenvalue weighted by Crippen LogP contribution is 2.32. The Hall–Kier alpha value is -3.64. The number of anilines is 3. The van der Waals surface area contributed by atoms with Gasteiger partial charge in [-0.15, -0.1) is 0 Å². The Labute approximate surface area is 194 Å². The molecule has 2 bridgehead atoms. The summed E-state index contributed by atoms with van der Waals surface area (Å²) in [7, 11) is 1.54. The molecule has 0 aliphatic carbocycles. The average molecular weight is 478 g/mol. The lowest BCUT2D eigenvalue weighted by Gasteiger charge is -2.41. The van der Waals surface area contributed by atoms with Crippen molar-refractivity contribution in [3.8, 4) is 0 Å². The van der Waals surface area contributed by atoms with Crippen LogP contribution in [0.4, 0.5) is 35.4 Å². The number of hydrogen-bond acceptors (Lipinski definition) is 7. The van der Waals surface area contributed by atoms with Gasteiger partial charge in [0, 0.05) is 26.3 Å². The second-order valence-corrected chi connectivity index (χ2v) is 8.30. The molecule has 3 N–H and O–H groups in total. The van der Waals surface area contributed by atoms with Crippen LogP contribution in [-0.4, -0.2) is 76.7 Å². The van der Waals surface area contributed by atoms with E-state index in [2.05, 4.69) is 25.6 Å². The number of hydrogen-bond donors (Lipinski definition) is 3. The van der Waals surface area contributed by atoms with Gasteiger partial charge in [0.2, 0.25) is 5.95 Å². The van der Waals surface area contributed by atoms with Crippen LogP contribution in [-0.2, 0) is 0 Å². The molecule has 4 rings (SSSR count). The summed E-state index contributed by atoms with van der Waals surface area (Å²) in [5.74, 6) is 0.712. The number of rotatable bonds is 5. The second kappa shape index (κ2) is 9.31. The van der Waals surface area contributed by atoms with Crippen molar-refractivity contribution in [1.82, 2.24) is 30.5 Å². The molecule has 182 valence electrons. The molecule has 0 spiro atoms. The Kier molecular flexibility index (Phi) is 6.44. The third-order valence-electron chi connectivity index (χ3n) is 5.90. The minimum atomic E-state index is -4.45. The van der Waals surface area contributed by atoms with Crippen molar-refractivity contribution < 1.29 is 22.8 Å². The minimum absolute atomic E-state index is 0.192. The Morgan fingerprint density at radius 3 is 2.50 bits per heavy atom. The molecular weight excluding hydrogens is 453 g/mol. The number of carbonyl (C=O) groups is 2. The maximum atomic E-state index is 12.5. The number of piperazine rings is 1. The van der Waals surface area contributed by atoms with E-state index in [0.717, 1.165) is 12.8 Å². The number of nitrogens with one attached hydrogen (secondary N) is 3. The van der Waals surface area contributed by atoms with E-state index in [1.54, 1.807) is 25.3 Å². The van der Waals surface area contributed by atoms with Gasteiger partial charge in [-0.1, -0.05) is 0 Å². The van der Waals surface area contributed by atoms with E-state index in [4.69, 9.17) is 0 Å². The average Bonchev–Trinajstić information content (AvgIpc) is 3.06. The highest BCUT2D eigenvalue weighted by atomic mass is 19.4. The SMILES string of the molecule is CNC(=O)c1ncc(Nc2nccc(N3C[C@H]4CC[C@@H](C3)N4C(=O)NCC(F)(F)F)n2)cc1C. The molecule has 2 aromatic heterocycles. The summed E-state index contributed by atoms with van der Waals surface area (Å²) in [5.41, 5.74) is 1.64. The van der Waals surface area contributed by atoms with Gasteiger partial charge in [-0.05, 0) is 37.5 Å². The first-order valence-corrected chi connectivity index (χ1v) is 10.8. The van der Waals surface area contributed by atoms with E-state index >= 15 is 0 Å².